The van der Waals surface area contributed by atoms with Gasteiger partial charge in [-0.2, -0.15) is 0 Å². The van der Waals surface area contributed by atoms with E-state index in [-0.39, 0.29) is 30.1 Å². The van der Waals surface area contributed by atoms with Gasteiger partial charge in [0.15, 0.2) is 29.0 Å². The third kappa shape index (κ3) is 4.36. The highest BCUT2D eigenvalue weighted by molar-refractivity contribution is 5.91. The molecule has 0 heterocycles. The van der Waals surface area contributed by atoms with Gasteiger partial charge in [0.1, 0.15) is 5.75 Å². The standard InChI is InChI=1S/C19H15F3O6/c20-12-6-11(7-13(21)17(12)22)28-18(26)10-1-2-14(23)15(5-10)27-9-19(3-4-19)8-16(24)25/h1-2,5-7,23H,3-4,8-9H2,(H,24,25). The van der Waals surface area contributed by atoms with E-state index in [0.29, 0.717) is 25.0 Å². The van der Waals surface area contributed by atoms with E-state index in [1.807, 2.05) is 0 Å². The van der Waals surface area contributed by atoms with Gasteiger partial charge in [0.25, 0.3) is 0 Å². The van der Waals surface area contributed by atoms with E-state index in [4.69, 9.17) is 14.6 Å². The smallest absolute Gasteiger partial charge is 0.343 e. The number of halogens is 3. The zero-order valence-electron chi connectivity index (χ0n) is 14.4. The predicted molar refractivity (Wildman–Crippen MR) is 88.8 cm³/mol. The SMILES string of the molecule is O=C(O)CC1(COc2cc(C(=O)Oc3cc(F)c(F)c(F)c3)ccc2O)CC1. The van der Waals surface area contributed by atoms with E-state index in [1.54, 1.807) is 0 Å². The molecule has 1 aliphatic carbocycles. The number of carboxylic acid groups (broad SMARTS) is 1. The quantitative estimate of drug-likeness (QED) is 0.422. The number of aromatic hydroxyl groups is 1. The Balaban J connectivity index is 1.72. The average Bonchev–Trinajstić information content (AvgIpc) is 3.37. The summed E-state index contributed by atoms with van der Waals surface area (Å²) < 4.78 is 49.7. The Morgan fingerprint density at radius 3 is 2.29 bits per heavy atom. The van der Waals surface area contributed by atoms with E-state index in [9.17, 15) is 27.9 Å². The summed E-state index contributed by atoms with van der Waals surface area (Å²) in [5.74, 6) is -7.55. The number of phenolic OH excluding ortho intramolecular Hbond substituents is 1. The molecule has 0 atom stereocenters. The van der Waals surface area contributed by atoms with Gasteiger partial charge in [-0.15, -0.1) is 0 Å². The molecule has 0 aliphatic heterocycles. The van der Waals surface area contributed by atoms with Crippen LogP contribution in [-0.2, 0) is 4.79 Å². The molecule has 1 aliphatic rings. The minimum absolute atomic E-state index is 0.0414. The van der Waals surface area contributed by atoms with Crippen LogP contribution in [0.4, 0.5) is 13.2 Å². The number of aliphatic carboxylic acids is 1. The van der Waals surface area contributed by atoms with Crippen LogP contribution in [0, 0.1) is 22.9 Å². The summed E-state index contributed by atoms with van der Waals surface area (Å²) >= 11 is 0. The van der Waals surface area contributed by atoms with Crippen molar-refractivity contribution >= 4 is 11.9 Å². The second-order valence-electron chi connectivity index (χ2n) is 6.63. The molecule has 0 amide bonds. The Morgan fingerprint density at radius 2 is 1.71 bits per heavy atom. The Hall–Kier alpha value is -3.23. The molecule has 2 aromatic rings. The molecule has 9 heteroatoms. The van der Waals surface area contributed by atoms with Gasteiger partial charge >= 0.3 is 11.9 Å². The van der Waals surface area contributed by atoms with Crippen LogP contribution in [0.25, 0.3) is 0 Å². The molecule has 28 heavy (non-hydrogen) atoms. The summed E-state index contributed by atoms with van der Waals surface area (Å²) in [6.45, 7) is 0.0414. The maximum absolute atomic E-state index is 13.2. The fourth-order valence-corrected chi connectivity index (χ4v) is 2.61. The Bertz CT molecular complexity index is 916. The van der Waals surface area contributed by atoms with Crippen molar-refractivity contribution in [3.05, 3.63) is 53.3 Å². The van der Waals surface area contributed by atoms with Crippen LogP contribution in [-0.4, -0.2) is 28.8 Å². The number of ether oxygens (including phenoxy) is 2. The number of esters is 1. The van der Waals surface area contributed by atoms with Gasteiger partial charge in [-0.3, -0.25) is 4.79 Å². The van der Waals surface area contributed by atoms with Crippen LogP contribution < -0.4 is 9.47 Å². The Kier molecular flexibility index (Phi) is 5.17. The molecule has 0 unspecified atom stereocenters. The molecule has 3 rings (SSSR count). The molecule has 148 valence electrons. The van der Waals surface area contributed by atoms with Crippen molar-refractivity contribution in [2.24, 2.45) is 5.41 Å². The topological polar surface area (TPSA) is 93.1 Å². The zero-order valence-corrected chi connectivity index (χ0v) is 14.4. The van der Waals surface area contributed by atoms with Gasteiger partial charge in [0.2, 0.25) is 0 Å². The Morgan fingerprint density at radius 1 is 1.07 bits per heavy atom. The number of phenols is 1. The normalized spacial score (nSPS) is 14.4. The summed E-state index contributed by atoms with van der Waals surface area (Å²) in [4.78, 5) is 23.0. The molecule has 1 saturated carbocycles. The monoisotopic (exact) mass is 396 g/mol. The van der Waals surface area contributed by atoms with Crippen molar-refractivity contribution in [2.75, 3.05) is 6.61 Å². The van der Waals surface area contributed by atoms with Crippen LogP contribution in [0.3, 0.4) is 0 Å². The summed E-state index contributed by atoms with van der Waals surface area (Å²) in [5, 5.41) is 18.8. The molecule has 0 spiro atoms. The third-order valence-electron chi connectivity index (χ3n) is 4.38. The van der Waals surface area contributed by atoms with Crippen molar-refractivity contribution < 1.29 is 42.4 Å². The van der Waals surface area contributed by atoms with Crippen LogP contribution in [0.2, 0.25) is 0 Å². The second-order valence-corrected chi connectivity index (χ2v) is 6.63. The molecule has 6 nitrogen and oxygen atoms in total. The fourth-order valence-electron chi connectivity index (χ4n) is 2.61. The van der Waals surface area contributed by atoms with Gasteiger partial charge in [-0.05, 0) is 31.0 Å². The van der Waals surface area contributed by atoms with Crippen molar-refractivity contribution in [2.45, 2.75) is 19.3 Å². The molecule has 0 radical (unpaired) electrons. The molecule has 2 N–H and O–H groups in total. The van der Waals surface area contributed by atoms with Crippen molar-refractivity contribution in [3.63, 3.8) is 0 Å². The minimum atomic E-state index is -1.68. The van der Waals surface area contributed by atoms with Gasteiger partial charge < -0.3 is 19.7 Å². The maximum atomic E-state index is 13.2. The van der Waals surface area contributed by atoms with Crippen molar-refractivity contribution in [1.29, 1.82) is 0 Å². The first kappa shape index (κ1) is 19.5. The third-order valence-corrected chi connectivity index (χ3v) is 4.38. The average molecular weight is 396 g/mol. The van der Waals surface area contributed by atoms with Gasteiger partial charge in [0.05, 0.1) is 18.6 Å². The van der Waals surface area contributed by atoms with Gasteiger partial charge in [0, 0.05) is 17.5 Å². The molecule has 2 aromatic carbocycles. The predicted octanol–water partition coefficient (Wildman–Crippen LogP) is 3.66. The van der Waals surface area contributed by atoms with Crippen LogP contribution >= 0.6 is 0 Å². The summed E-state index contributed by atoms with van der Waals surface area (Å²) in [6.07, 6.45) is 1.27. The first-order valence-electron chi connectivity index (χ1n) is 8.23. The summed E-state index contributed by atoms with van der Waals surface area (Å²) in [7, 11) is 0. The summed E-state index contributed by atoms with van der Waals surface area (Å²) in [6, 6.07) is 4.57. The first-order valence-corrected chi connectivity index (χ1v) is 8.23. The lowest BCUT2D eigenvalue weighted by molar-refractivity contribution is -0.138. The number of rotatable bonds is 7. The number of carbonyl (C=O) groups excluding carboxylic acids is 1. The zero-order chi connectivity index (χ0) is 20.5. The number of benzene rings is 2. The molecule has 0 saturated heterocycles. The number of carboxylic acids is 1. The second kappa shape index (κ2) is 7.41. The molecule has 0 aromatic heterocycles. The maximum Gasteiger partial charge on any atom is 0.343 e. The molecular weight excluding hydrogens is 381 g/mol. The lowest BCUT2D eigenvalue weighted by Gasteiger charge is -2.15. The van der Waals surface area contributed by atoms with E-state index in [1.165, 1.54) is 6.07 Å². The number of hydrogen-bond donors (Lipinski definition) is 2. The largest absolute Gasteiger partial charge is 0.504 e. The van der Waals surface area contributed by atoms with E-state index < -0.39 is 40.6 Å². The van der Waals surface area contributed by atoms with Crippen molar-refractivity contribution in [1.82, 2.24) is 0 Å². The highest BCUT2D eigenvalue weighted by Crippen LogP contribution is 2.49. The first-order chi connectivity index (χ1) is 13.2. The summed E-state index contributed by atoms with van der Waals surface area (Å²) in [5.41, 5.74) is -0.598. The van der Waals surface area contributed by atoms with E-state index >= 15 is 0 Å². The highest BCUT2D eigenvalue weighted by atomic mass is 19.2. The number of hydrogen-bond acceptors (Lipinski definition) is 5. The van der Waals surface area contributed by atoms with Crippen LogP contribution in [0.5, 0.6) is 17.2 Å². The van der Waals surface area contributed by atoms with Crippen molar-refractivity contribution in [3.8, 4) is 17.2 Å². The Labute approximate surface area is 157 Å². The van der Waals surface area contributed by atoms with Gasteiger partial charge in [-0.1, -0.05) is 0 Å². The van der Waals surface area contributed by atoms with Crippen LogP contribution in [0.1, 0.15) is 29.6 Å². The molecule has 1 fully saturated rings. The number of carbonyl (C=O) groups is 2. The lowest BCUT2D eigenvalue weighted by atomic mass is 10.0. The lowest BCUT2D eigenvalue weighted by Crippen LogP contribution is -2.17. The fraction of sp³-hybridized carbons (Fsp3) is 0.263. The minimum Gasteiger partial charge on any atom is -0.504 e. The van der Waals surface area contributed by atoms with E-state index in [2.05, 4.69) is 0 Å². The highest BCUT2D eigenvalue weighted by Gasteiger charge is 2.45. The molecule has 0 bridgehead atoms. The van der Waals surface area contributed by atoms with E-state index in [0.717, 1.165) is 12.1 Å². The van der Waals surface area contributed by atoms with Crippen LogP contribution in [0.15, 0.2) is 30.3 Å². The van der Waals surface area contributed by atoms with Gasteiger partial charge in [-0.25, -0.2) is 18.0 Å². The molecular formula is C19H15F3O6.